The van der Waals surface area contributed by atoms with Crippen molar-refractivity contribution in [2.45, 2.75) is 24.9 Å². The van der Waals surface area contributed by atoms with Crippen molar-refractivity contribution in [3.63, 3.8) is 0 Å². The molecule has 0 spiro atoms. The number of fused-ring (bicyclic) bond motifs is 1. The Balaban J connectivity index is 1.59. The monoisotopic (exact) mass is 283 g/mol. The lowest BCUT2D eigenvalue weighted by atomic mass is 10.1. The highest BCUT2D eigenvalue weighted by Gasteiger charge is 2.27. The van der Waals surface area contributed by atoms with Crippen LogP contribution in [0, 0.1) is 0 Å². The van der Waals surface area contributed by atoms with Crippen LogP contribution in [0.2, 0.25) is 0 Å². The van der Waals surface area contributed by atoms with Gasteiger partial charge in [0.15, 0.2) is 17.6 Å². The summed E-state index contributed by atoms with van der Waals surface area (Å²) < 4.78 is 17.2. The van der Waals surface area contributed by atoms with Crippen molar-refractivity contribution in [1.29, 1.82) is 0 Å². The molecule has 2 aromatic rings. The number of benzene rings is 1. The molecule has 1 saturated carbocycles. The zero-order chi connectivity index (χ0) is 14.2. The van der Waals surface area contributed by atoms with Crippen molar-refractivity contribution in [1.82, 2.24) is 4.98 Å². The molecule has 0 amide bonds. The summed E-state index contributed by atoms with van der Waals surface area (Å²) >= 11 is 0. The van der Waals surface area contributed by atoms with Gasteiger partial charge in [0.1, 0.15) is 6.61 Å². The van der Waals surface area contributed by atoms with Crippen LogP contribution >= 0.6 is 0 Å². The van der Waals surface area contributed by atoms with E-state index in [1.54, 1.807) is 7.11 Å². The lowest BCUT2D eigenvalue weighted by molar-refractivity contribution is 0.0869. The minimum absolute atomic E-state index is 0.144. The van der Waals surface area contributed by atoms with Crippen LogP contribution in [-0.4, -0.2) is 18.7 Å². The first-order valence-corrected chi connectivity index (χ1v) is 7.27. The van der Waals surface area contributed by atoms with Crippen LogP contribution in [0.1, 0.15) is 36.1 Å². The standard InChI is InChI=1S/C17H17NO3/c1-19-14-3-2-4-15-17(14)21-16(10-20-15)12-7-8-13(18-9-12)11-5-6-11/h2-4,7-9,11,16H,5-6,10H2,1H3. The van der Waals surface area contributed by atoms with Crippen molar-refractivity contribution in [3.8, 4) is 17.2 Å². The smallest absolute Gasteiger partial charge is 0.204 e. The maximum Gasteiger partial charge on any atom is 0.204 e. The van der Waals surface area contributed by atoms with Crippen molar-refractivity contribution < 1.29 is 14.2 Å². The summed E-state index contributed by atoms with van der Waals surface area (Å²) in [5.74, 6) is 2.76. The maximum absolute atomic E-state index is 6.07. The molecule has 1 atom stereocenters. The number of pyridine rings is 1. The van der Waals surface area contributed by atoms with E-state index >= 15 is 0 Å². The molecule has 2 heterocycles. The zero-order valence-corrected chi connectivity index (χ0v) is 11.9. The molecule has 1 unspecified atom stereocenters. The summed E-state index contributed by atoms with van der Waals surface area (Å²) in [5.41, 5.74) is 2.23. The van der Waals surface area contributed by atoms with Crippen LogP contribution in [0.15, 0.2) is 36.5 Å². The van der Waals surface area contributed by atoms with Crippen LogP contribution in [0.4, 0.5) is 0 Å². The molecule has 1 aromatic carbocycles. The molecule has 2 aliphatic rings. The van der Waals surface area contributed by atoms with Gasteiger partial charge < -0.3 is 14.2 Å². The van der Waals surface area contributed by atoms with E-state index in [1.165, 1.54) is 18.5 Å². The van der Waals surface area contributed by atoms with E-state index < -0.39 is 0 Å². The van der Waals surface area contributed by atoms with Crippen LogP contribution < -0.4 is 14.2 Å². The Morgan fingerprint density at radius 1 is 1.19 bits per heavy atom. The Hall–Kier alpha value is -2.23. The van der Waals surface area contributed by atoms with Gasteiger partial charge in [0, 0.05) is 23.4 Å². The number of hydrogen-bond donors (Lipinski definition) is 0. The number of rotatable bonds is 3. The third-order valence-electron chi connectivity index (χ3n) is 3.99. The average molecular weight is 283 g/mol. The lowest BCUT2D eigenvalue weighted by Crippen LogP contribution is -2.22. The molecule has 21 heavy (non-hydrogen) atoms. The zero-order valence-electron chi connectivity index (χ0n) is 11.9. The average Bonchev–Trinajstić information content (AvgIpc) is 3.39. The molecule has 1 aromatic heterocycles. The predicted octanol–water partition coefficient (Wildman–Crippen LogP) is 3.48. The number of nitrogens with zero attached hydrogens (tertiary/aromatic N) is 1. The van der Waals surface area contributed by atoms with Gasteiger partial charge in [-0.05, 0) is 31.0 Å². The molecular formula is C17H17NO3. The van der Waals surface area contributed by atoms with Gasteiger partial charge in [-0.2, -0.15) is 0 Å². The largest absolute Gasteiger partial charge is 0.493 e. The number of hydrogen-bond acceptors (Lipinski definition) is 4. The van der Waals surface area contributed by atoms with Crippen molar-refractivity contribution in [2.24, 2.45) is 0 Å². The molecule has 4 rings (SSSR count). The third kappa shape index (κ3) is 2.31. The second-order valence-corrected chi connectivity index (χ2v) is 5.50. The fraction of sp³-hybridized carbons (Fsp3) is 0.353. The first-order valence-electron chi connectivity index (χ1n) is 7.27. The molecule has 4 nitrogen and oxygen atoms in total. The van der Waals surface area contributed by atoms with E-state index in [2.05, 4.69) is 17.1 Å². The van der Waals surface area contributed by atoms with Gasteiger partial charge >= 0.3 is 0 Å². The SMILES string of the molecule is COc1cccc2c1OC(c1ccc(C3CC3)nc1)CO2. The highest BCUT2D eigenvalue weighted by Crippen LogP contribution is 2.43. The second-order valence-electron chi connectivity index (χ2n) is 5.50. The highest BCUT2D eigenvalue weighted by atomic mass is 16.6. The Kier molecular flexibility index (Phi) is 2.95. The molecule has 0 radical (unpaired) electrons. The minimum atomic E-state index is -0.144. The van der Waals surface area contributed by atoms with Gasteiger partial charge in [0.2, 0.25) is 5.75 Å². The normalized spacial score (nSPS) is 20.1. The van der Waals surface area contributed by atoms with Crippen molar-refractivity contribution in [3.05, 3.63) is 47.8 Å². The Labute approximate surface area is 123 Å². The molecule has 108 valence electrons. The van der Waals surface area contributed by atoms with Gasteiger partial charge in [0.05, 0.1) is 7.11 Å². The van der Waals surface area contributed by atoms with Gasteiger partial charge in [-0.3, -0.25) is 4.98 Å². The van der Waals surface area contributed by atoms with E-state index in [9.17, 15) is 0 Å². The van der Waals surface area contributed by atoms with E-state index in [0.29, 0.717) is 24.0 Å². The van der Waals surface area contributed by atoms with E-state index in [0.717, 1.165) is 11.3 Å². The first-order chi connectivity index (χ1) is 10.3. The highest BCUT2D eigenvalue weighted by molar-refractivity contribution is 5.52. The van der Waals surface area contributed by atoms with Gasteiger partial charge in [-0.15, -0.1) is 0 Å². The van der Waals surface area contributed by atoms with Gasteiger partial charge in [-0.25, -0.2) is 0 Å². The molecule has 1 fully saturated rings. The van der Waals surface area contributed by atoms with E-state index in [1.807, 2.05) is 24.4 Å². The summed E-state index contributed by atoms with van der Waals surface area (Å²) in [7, 11) is 1.63. The summed E-state index contributed by atoms with van der Waals surface area (Å²) in [4.78, 5) is 4.55. The fourth-order valence-corrected chi connectivity index (χ4v) is 2.62. The number of aromatic nitrogens is 1. The van der Waals surface area contributed by atoms with Crippen LogP contribution in [0.5, 0.6) is 17.2 Å². The number of para-hydroxylation sites is 1. The number of ether oxygens (including phenoxy) is 3. The summed E-state index contributed by atoms with van der Waals surface area (Å²) in [6.45, 7) is 0.491. The third-order valence-corrected chi connectivity index (χ3v) is 3.99. The lowest BCUT2D eigenvalue weighted by Gasteiger charge is -2.27. The van der Waals surface area contributed by atoms with Gasteiger partial charge in [0.25, 0.3) is 0 Å². The van der Waals surface area contributed by atoms with E-state index in [-0.39, 0.29) is 6.10 Å². The van der Waals surface area contributed by atoms with Crippen LogP contribution in [-0.2, 0) is 0 Å². The molecule has 0 N–H and O–H groups in total. The summed E-state index contributed by atoms with van der Waals surface area (Å²) in [5, 5.41) is 0. The van der Waals surface area contributed by atoms with Crippen molar-refractivity contribution in [2.75, 3.05) is 13.7 Å². The molecule has 1 aliphatic carbocycles. The maximum atomic E-state index is 6.07. The fourth-order valence-electron chi connectivity index (χ4n) is 2.62. The molecule has 0 saturated heterocycles. The van der Waals surface area contributed by atoms with Crippen LogP contribution in [0.25, 0.3) is 0 Å². The topological polar surface area (TPSA) is 40.6 Å². The van der Waals surface area contributed by atoms with Gasteiger partial charge in [-0.1, -0.05) is 12.1 Å². The Bertz CT molecular complexity index is 635. The molecule has 1 aliphatic heterocycles. The van der Waals surface area contributed by atoms with Crippen LogP contribution in [0.3, 0.4) is 0 Å². The molecule has 4 heteroatoms. The molecular weight excluding hydrogens is 266 g/mol. The number of methoxy groups -OCH3 is 1. The Morgan fingerprint density at radius 3 is 2.81 bits per heavy atom. The van der Waals surface area contributed by atoms with Crippen molar-refractivity contribution >= 4 is 0 Å². The predicted molar refractivity (Wildman–Crippen MR) is 78.1 cm³/mol. The molecule has 0 bridgehead atoms. The second kappa shape index (κ2) is 4.95. The summed E-state index contributed by atoms with van der Waals surface area (Å²) in [6.07, 6.45) is 4.29. The Morgan fingerprint density at radius 2 is 2.10 bits per heavy atom. The minimum Gasteiger partial charge on any atom is -0.493 e. The quantitative estimate of drug-likeness (QED) is 0.864. The first kappa shape index (κ1) is 12.5. The summed E-state index contributed by atoms with van der Waals surface area (Å²) in [6, 6.07) is 9.86. The van der Waals surface area contributed by atoms with E-state index in [4.69, 9.17) is 14.2 Å².